The Morgan fingerprint density at radius 2 is 1.58 bits per heavy atom. The summed E-state index contributed by atoms with van der Waals surface area (Å²) < 4.78 is 13.4. The van der Waals surface area contributed by atoms with Gasteiger partial charge in [0.2, 0.25) is 0 Å². The molecule has 1 aliphatic heterocycles. The monoisotopic (exact) mass is 526 g/mol. The van der Waals surface area contributed by atoms with Crippen LogP contribution in [0.3, 0.4) is 0 Å². The maximum atomic E-state index is 13.1. The van der Waals surface area contributed by atoms with Crippen molar-refractivity contribution in [3.05, 3.63) is 53.3 Å². The van der Waals surface area contributed by atoms with Crippen molar-refractivity contribution in [1.29, 1.82) is 0 Å². The molecule has 0 unspecified atom stereocenters. The van der Waals surface area contributed by atoms with Crippen molar-refractivity contribution in [2.75, 3.05) is 19.6 Å². The van der Waals surface area contributed by atoms with E-state index in [9.17, 15) is 9.59 Å². The third kappa shape index (κ3) is 7.98. The predicted molar refractivity (Wildman–Crippen MR) is 149 cm³/mol. The molecule has 1 aromatic heterocycles. The predicted octanol–water partition coefficient (Wildman–Crippen LogP) is 6.13. The largest absolute Gasteiger partial charge is 0.445 e. The van der Waals surface area contributed by atoms with Crippen molar-refractivity contribution in [3.63, 3.8) is 0 Å². The van der Waals surface area contributed by atoms with Gasteiger partial charge in [0.25, 0.3) is 0 Å². The molecule has 0 aliphatic carbocycles. The number of rotatable bonds is 5. The normalized spacial score (nSPS) is 16.9. The van der Waals surface area contributed by atoms with E-state index in [1.165, 1.54) is 0 Å². The number of carbonyl (C=O) groups excluding carboxylic acids is 2. The number of hydrogen-bond donors (Lipinski definition) is 0. The molecule has 0 radical (unpaired) electrons. The summed E-state index contributed by atoms with van der Waals surface area (Å²) in [5.74, 6) is 0. The van der Waals surface area contributed by atoms with Crippen LogP contribution in [0.15, 0.2) is 36.4 Å². The van der Waals surface area contributed by atoms with Crippen LogP contribution in [-0.2, 0) is 33.5 Å². The molecular weight excluding hydrogens is 480 g/mol. The van der Waals surface area contributed by atoms with Gasteiger partial charge in [-0.15, -0.1) is 0 Å². The third-order valence-corrected chi connectivity index (χ3v) is 6.57. The van der Waals surface area contributed by atoms with Crippen LogP contribution < -0.4 is 0 Å². The van der Waals surface area contributed by atoms with Crippen LogP contribution in [0, 0.1) is 0 Å². The topological polar surface area (TPSA) is 76.9 Å². The van der Waals surface area contributed by atoms with E-state index in [-0.39, 0.29) is 35.7 Å². The van der Waals surface area contributed by atoms with Crippen LogP contribution in [0.4, 0.5) is 9.59 Å². The number of benzene rings is 1. The molecule has 0 N–H and O–H groups in total. The molecule has 8 heteroatoms. The molecule has 1 atom stereocenters. The fraction of sp³-hybridized carbons (Fsp3) is 0.633. The Balaban J connectivity index is 1.78. The highest BCUT2D eigenvalue weighted by Gasteiger charge is 2.36. The van der Waals surface area contributed by atoms with Gasteiger partial charge >= 0.3 is 12.2 Å². The van der Waals surface area contributed by atoms with Gasteiger partial charge < -0.3 is 19.3 Å². The van der Waals surface area contributed by atoms with Gasteiger partial charge in [-0.1, -0.05) is 71.9 Å². The number of piperazine rings is 1. The summed E-state index contributed by atoms with van der Waals surface area (Å²) in [6.45, 7) is 20.6. The number of hydrogen-bond acceptors (Lipinski definition) is 5. The molecule has 2 heterocycles. The van der Waals surface area contributed by atoms with Crippen molar-refractivity contribution >= 4 is 12.2 Å². The number of aryl methyl sites for hydroxylation is 1. The molecule has 1 saturated heterocycles. The van der Waals surface area contributed by atoms with E-state index in [0.29, 0.717) is 32.6 Å². The van der Waals surface area contributed by atoms with Gasteiger partial charge in [-0.3, -0.25) is 4.68 Å². The highest BCUT2D eigenvalue weighted by molar-refractivity contribution is 5.71. The van der Waals surface area contributed by atoms with E-state index in [1.54, 1.807) is 9.80 Å². The summed E-state index contributed by atoms with van der Waals surface area (Å²) >= 11 is 0. The van der Waals surface area contributed by atoms with Gasteiger partial charge in [-0.25, -0.2) is 9.59 Å². The molecule has 0 spiro atoms. The molecule has 2 amide bonds. The molecule has 8 nitrogen and oxygen atoms in total. The van der Waals surface area contributed by atoms with Crippen molar-refractivity contribution < 1.29 is 19.1 Å². The molecule has 1 aromatic carbocycles. The standard InChI is InChI=1S/C30H46N4O4/c1-28(2,3)24-19-25(29(4,5)6)34(31-24)16-15-23-20-32(17-18-33(23)27(36)38-30(7,8)9)26(35)37-21-22-13-11-10-12-14-22/h10-14,19,23H,15-18,20-21H2,1-9H3/t23-/m1/s1. The molecule has 210 valence electrons. The first kappa shape index (κ1) is 29.5. The molecule has 0 bridgehead atoms. The quantitative estimate of drug-likeness (QED) is 0.469. The van der Waals surface area contributed by atoms with Crippen molar-refractivity contribution in [2.24, 2.45) is 0 Å². The lowest BCUT2D eigenvalue weighted by atomic mass is 9.88. The maximum absolute atomic E-state index is 13.1. The molecule has 1 fully saturated rings. The van der Waals surface area contributed by atoms with Gasteiger partial charge in [-0.05, 0) is 38.8 Å². The zero-order chi connectivity index (χ0) is 28.3. The summed E-state index contributed by atoms with van der Waals surface area (Å²) in [4.78, 5) is 29.5. The van der Waals surface area contributed by atoms with Gasteiger partial charge in [0, 0.05) is 42.7 Å². The van der Waals surface area contributed by atoms with Crippen LogP contribution >= 0.6 is 0 Å². The second-order valence-electron chi connectivity index (χ2n) is 13.2. The Bertz CT molecular complexity index is 1090. The van der Waals surface area contributed by atoms with E-state index < -0.39 is 5.60 Å². The Labute approximate surface area is 228 Å². The van der Waals surface area contributed by atoms with Gasteiger partial charge in [0.1, 0.15) is 12.2 Å². The second kappa shape index (κ2) is 11.4. The number of carbonyl (C=O) groups is 2. The number of amides is 2. The molecule has 2 aromatic rings. The van der Waals surface area contributed by atoms with Gasteiger partial charge in [0.05, 0.1) is 11.7 Å². The Kier molecular flexibility index (Phi) is 8.84. The third-order valence-electron chi connectivity index (χ3n) is 6.57. The fourth-order valence-electron chi connectivity index (χ4n) is 4.47. The lowest BCUT2D eigenvalue weighted by Gasteiger charge is -2.41. The van der Waals surface area contributed by atoms with Crippen LogP contribution in [0.1, 0.15) is 85.7 Å². The van der Waals surface area contributed by atoms with E-state index in [4.69, 9.17) is 14.6 Å². The minimum Gasteiger partial charge on any atom is -0.445 e. The minimum atomic E-state index is -0.601. The first-order valence-corrected chi connectivity index (χ1v) is 13.6. The van der Waals surface area contributed by atoms with Gasteiger partial charge in [0.15, 0.2) is 0 Å². The summed E-state index contributed by atoms with van der Waals surface area (Å²) in [6, 6.07) is 11.6. The maximum Gasteiger partial charge on any atom is 0.410 e. The summed E-state index contributed by atoms with van der Waals surface area (Å²) in [6.07, 6.45) is -0.0883. The number of aromatic nitrogens is 2. The van der Waals surface area contributed by atoms with E-state index >= 15 is 0 Å². The van der Waals surface area contributed by atoms with E-state index in [2.05, 4.69) is 52.3 Å². The van der Waals surface area contributed by atoms with E-state index in [0.717, 1.165) is 17.0 Å². The summed E-state index contributed by atoms with van der Waals surface area (Å²) in [5.41, 5.74) is 2.38. The second-order valence-corrected chi connectivity index (χ2v) is 13.2. The lowest BCUT2D eigenvalue weighted by molar-refractivity contribution is -0.00520. The zero-order valence-corrected chi connectivity index (χ0v) is 24.7. The van der Waals surface area contributed by atoms with Crippen LogP contribution in [0.2, 0.25) is 0 Å². The average Bonchev–Trinajstić information content (AvgIpc) is 3.26. The molecule has 1 aliphatic rings. The summed E-state index contributed by atoms with van der Waals surface area (Å²) in [5, 5.41) is 4.96. The van der Waals surface area contributed by atoms with Crippen LogP contribution in [-0.4, -0.2) is 63.0 Å². The Hall–Kier alpha value is -3.03. The SMILES string of the molecule is CC(C)(C)OC(=O)N1CCN(C(=O)OCc2ccccc2)C[C@H]1CCn1nc(C(C)(C)C)cc1C(C)(C)C. The summed E-state index contributed by atoms with van der Waals surface area (Å²) in [7, 11) is 0. The minimum absolute atomic E-state index is 0.0715. The van der Waals surface area contributed by atoms with E-state index in [1.807, 2.05) is 51.1 Å². The fourth-order valence-corrected chi connectivity index (χ4v) is 4.47. The highest BCUT2D eigenvalue weighted by Crippen LogP contribution is 2.29. The highest BCUT2D eigenvalue weighted by atomic mass is 16.6. The smallest absolute Gasteiger partial charge is 0.410 e. The molecule has 0 saturated carbocycles. The Morgan fingerprint density at radius 1 is 0.921 bits per heavy atom. The first-order valence-electron chi connectivity index (χ1n) is 13.6. The molecular formula is C30H46N4O4. The molecule has 38 heavy (non-hydrogen) atoms. The Morgan fingerprint density at radius 3 is 2.16 bits per heavy atom. The van der Waals surface area contributed by atoms with Crippen molar-refractivity contribution in [1.82, 2.24) is 19.6 Å². The van der Waals surface area contributed by atoms with Crippen molar-refractivity contribution in [2.45, 2.75) is 104 Å². The van der Waals surface area contributed by atoms with Crippen molar-refractivity contribution in [3.8, 4) is 0 Å². The van der Waals surface area contributed by atoms with Crippen LogP contribution in [0.25, 0.3) is 0 Å². The van der Waals surface area contributed by atoms with Crippen LogP contribution in [0.5, 0.6) is 0 Å². The molecule has 3 rings (SSSR count). The van der Waals surface area contributed by atoms with Gasteiger partial charge in [-0.2, -0.15) is 5.10 Å². The number of nitrogens with zero attached hydrogens (tertiary/aromatic N) is 4. The zero-order valence-electron chi connectivity index (χ0n) is 24.7. The number of ether oxygens (including phenoxy) is 2. The first-order chi connectivity index (χ1) is 17.5. The average molecular weight is 527 g/mol. The lowest BCUT2D eigenvalue weighted by Crippen LogP contribution is -2.57.